The molecule has 0 saturated heterocycles. The minimum Gasteiger partial charge on any atom is -0.373 e. The Hall–Kier alpha value is -0.703. The van der Waals surface area contributed by atoms with Crippen molar-refractivity contribution in [1.29, 1.82) is 0 Å². The maximum atomic E-state index is 12.6. The molecule has 114 valence electrons. The Labute approximate surface area is 121 Å². The Kier molecular flexibility index (Phi) is 3.87. The van der Waals surface area contributed by atoms with Gasteiger partial charge in [0.1, 0.15) is 8.24 Å². The number of nitrogens with zero attached hydrogens (tertiary/aromatic N) is 2. The fourth-order valence-corrected chi connectivity index (χ4v) is 6.80. The van der Waals surface area contributed by atoms with Gasteiger partial charge in [0.05, 0.1) is 25.1 Å². The zero-order valence-electron chi connectivity index (χ0n) is 12.7. The van der Waals surface area contributed by atoms with Crippen molar-refractivity contribution in [2.24, 2.45) is 0 Å². The molecule has 1 aliphatic heterocycles. The first-order valence-corrected chi connectivity index (χ1v) is 11.2. The van der Waals surface area contributed by atoms with Crippen LogP contribution in [0.4, 0.5) is 0 Å². The second-order valence-corrected chi connectivity index (χ2v) is 13.7. The third-order valence-corrected chi connectivity index (χ3v) is 11.8. The van der Waals surface area contributed by atoms with Crippen LogP contribution in [0.3, 0.4) is 0 Å². The van der Waals surface area contributed by atoms with Gasteiger partial charge in [0.2, 0.25) is 5.16 Å². The molecule has 2 rings (SSSR count). The molecule has 0 spiro atoms. The smallest absolute Gasteiger partial charge is 0.268 e. The maximum Gasteiger partial charge on any atom is 0.268 e. The van der Waals surface area contributed by atoms with Crippen molar-refractivity contribution < 1.29 is 13.2 Å². The highest BCUT2D eigenvalue weighted by Gasteiger charge is 2.40. The summed E-state index contributed by atoms with van der Waals surface area (Å²) < 4.78 is 35.2. The first-order chi connectivity index (χ1) is 9.05. The van der Waals surface area contributed by atoms with E-state index in [9.17, 15) is 8.42 Å². The summed E-state index contributed by atoms with van der Waals surface area (Å²) >= 11 is 0. The van der Waals surface area contributed by atoms with E-state index < -0.39 is 18.3 Å². The van der Waals surface area contributed by atoms with E-state index in [2.05, 4.69) is 30.1 Å². The molecule has 6 nitrogen and oxygen atoms in total. The molecule has 8 heteroatoms. The molecule has 0 aliphatic carbocycles. The van der Waals surface area contributed by atoms with Gasteiger partial charge in [-0.3, -0.25) is 0 Å². The molecule has 2 heterocycles. The van der Waals surface area contributed by atoms with E-state index in [-0.39, 0.29) is 10.2 Å². The molecule has 1 aromatic rings. The summed E-state index contributed by atoms with van der Waals surface area (Å²) in [6.07, 6.45) is 1.58. The fraction of sp³-hybridized carbons (Fsp3) is 0.750. The maximum absolute atomic E-state index is 12.6. The minimum atomic E-state index is -3.59. The van der Waals surface area contributed by atoms with E-state index in [0.717, 1.165) is 5.69 Å². The number of imidazole rings is 1. The van der Waals surface area contributed by atoms with Gasteiger partial charge >= 0.3 is 0 Å². The van der Waals surface area contributed by atoms with Crippen LogP contribution in [-0.2, 0) is 27.9 Å². The number of hydrogen-bond acceptors (Lipinski definition) is 4. The standard InChI is InChI=1S/C12H23N3O3SSi/c1-12(2,3)20(4,5)14-19(16,17)11-13-8-10-9-18-7-6-15(10)11/h8,14H,6-7,9H2,1-5H3. The number of fused-ring (bicyclic) bond motifs is 1. The zero-order valence-corrected chi connectivity index (χ0v) is 14.5. The number of ether oxygens (including phenoxy) is 1. The van der Waals surface area contributed by atoms with Crippen molar-refractivity contribution >= 4 is 18.3 Å². The van der Waals surface area contributed by atoms with Gasteiger partial charge in [-0.05, 0) is 5.04 Å². The SMILES string of the molecule is CC(C)(C)[Si](C)(C)NS(=O)(=O)c1ncc2n1CCOC2. The Morgan fingerprint density at radius 2 is 2.05 bits per heavy atom. The summed E-state index contributed by atoms with van der Waals surface area (Å²) in [6.45, 7) is 11.7. The molecule has 0 saturated carbocycles. The average Bonchev–Trinajstić information content (AvgIpc) is 2.70. The van der Waals surface area contributed by atoms with Crippen molar-refractivity contribution in [3.8, 4) is 0 Å². The lowest BCUT2D eigenvalue weighted by molar-refractivity contribution is 0.0817. The number of nitrogens with one attached hydrogen (secondary N) is 1. The van der Waals surface area contributed by atoms with Crippen LogP contribution in [0, 0.1) is 0 Å². The Balaban J connectivity index is 2.35. The zero-order chi connectivity index (χ0) is 15.2. The molecular weight excluding hydrogens is 294 g/mol. The van der Waals surface area contributed by atoms with Crippen LogP contribution in [0.2, 0.25) is 18.1 Å². The van der Waals surface area contributed by atoms with Crippen LogP contribution in [0.15, 0.2) is 11.4 Å². The fourth-order valence-electron chi connectivity index (χ4n) is 1.83. The van der Waals surface area contributed by atoms with Gasteiger partial charge in [0.15, 0.2) is 0 Å². The predicted octanol–water partition coefficient (Wildman–Crippen LogP) is 1.70. The molecule has 0 fully saturated rings. The molecule has 0 unspecified atom stereocenters. The first-order valence-electron chi connectivity index (χ1n) is 6.71. The largest absolute Gasteiger partial charge is 0.373 e. The lowest BCUT2D eigenvalue weighted by atomic mass is 10.2. The lowest BCUT2D eigenvalue weighted by Crippen LogP contribution is -2.54. The highest BCUT2D eigenvalue weighted by Crippen LogP contribution is 2.34. The lowest BCUT2D eigenvalue weighted by Gasteiger charge is -2.36. The van der Waals surface area contributed by atoms with Crippen LogP contribution in [0.5, 0.6) is 0 Å². The highest BCUT2D eigenvalue weighted by molar-refractivity contribution is 7.90. The summed E-state index contributed by atoms with van der Waals surface area (Å²) in [6, 6.07) is 0. The average molecular weight is 317 g/mol. The van der Waals surface area contributed by atoms with Crippen molar-refractivity contribution in [3.05, 3.63) is 11.9 Å². The summed E-state index contributed by atoms with van der Waals surface area (Å²) in [7, 11) is -5.76. The van der Waals surface area contributed by atoms with Gasteiger partial charge in [0.25, 0.3) is 10.0 Å². The van der Waals surface area contributed by atoms with Gasteiger partial charge in [-0.15, -0.1) is 0 Å². The van der Waals surface area contributed by atoms with Gasteiger partial charge in [-0.1, -0.05) is 33.9 Å². The third kappa shape index (κ3) is 2.83. The summed E-state index contributed by atoms with van der Waals surface area (Å²) in [5.41, 5.74) is 0.812. The van der Waals surface area contributed by atoms with E-state index in [1.165, 1.54) is 0 Å². The quantitative estimate of drug-likeness (QED) is 0.861. The van der Waals surface area contributed by atoms with Crippen molar-refractivity contribution in [3.63, 3.8) is 0 Å². The van der Waals surface area contributed by atoms with Crippen LogP contribution in [-0.4, -0.2) is 32.8 Å². The van der Waals surface area contributed by atoms with E-state index in [1.807, 2.05) is 13.1 Å². The molecule has 0 bridgehead atoms. The van der Waals surface area contributed by atoms with Gasteiger partial charge in [-0.25, -0.2) is 17.8 Å². The van der Waals surface area contributed by atoms with E-state index in [0.29, 0.717) is 19.8 Å². The second-order valence-electron chi connectivity index (χ2n) is 6.72. The topological polar surface area (TPSA) is 73.2 Å². The molecule has 1 aliphatic rings. The molecule has 1 N–H and O–H groups in total. The van der Waals surface area contributed by atoms with Gasteiger partial charge in [0, 0.05) is 6.54 Å². The van der Waals surface area contributed by atoms with E-state index in [1.54, 1.807) is 10.8 Å². The third-order valence-electron chi connectivity index (χ3n) is 4.12. The monoisotopic (exact) mass is 317 g/mol. The van der Waals surface area contributed by atoms with E-state index in [4.69, 9.17) is 4.74 Å². The summed E-state index contributed by atoms with van der Waals surface area (Å²) in [5.74, 6) is 0. The van der Waals surface area contributed by atoms with Crippen LogP contribution in [0.25, 0.3) is 0 Å². The molecular formula is C12H23N3O3SSi. The molecule has 0 amide bonds. The molecule has 0 atom stereocenters. The van der Waals surface area contributed by atoms with Crippen molar-refractivity contribution in [1.82, 2.24) is 13.9 Å². The van der Waals surface area contributed by atoms with Crippen molar-refractivity contribution in [2.45, 2.75) is 57.2 Å². The highest BCUT2D eigenvalue weighted by atomic mass is 32.2. The van der Waals surface area contributed by atoms with Gasteiger partial charge in [-0.2, -0.15) is 0 Å². The predicted molar refractivity (Wildman–Crippen MR) is 79.4 cm³/mol. The Bertz CT molecular complexity index is 602. The van der Waals surface area contributed by atoms with Crippen LogP contribution < -0.4 is 4.39 Å². The normalized spacial score (nSPS) is 17.1. The molecule has 20 heavy (non-hydrogen) atoms. The second kappa shape index (κ2) is 4.94. The minimum absolute atomic E-state index is 0.0689. The van der Waals surface area contributed by atoms with E-state index >= 15 is 0 Å². The van der Waals surface area contributed by atoms with Crippen LogP contribution in [0.1, 0.15) is 26.5 Å². The number of rotatable bonds is 3. The number of aromatic nitrogens is 2. The summed E-state index contributed by atoms with van der Waals surface area (Å²) in [5, 5.41) is 0.0427. The first kappa shape index (κ1) is 15.7. The molecule has 0 radical (unpaired) electrons. The Morgan fingerprint density at radius 1 is 1.40 bits per heavy atom. The summed E-state index contributed by atoms with van der Waals surface area (Å²) in [4.78, 5) is 4.09. The molecule has 0 aromatic carbocycles. The number of hydrogen-bond donors (Lipinski definition) is 1. The Morgan fingerprint density at radius 3 is 2.65 bits per heavy atom. The van der Waals surface area contributed by atoms with Crippen LogP contribution >= 0.6 is 0 Å². The number of sulfonamides is 1. The van der Waals surface area contributed by atoms with Crippen molar-refractivity contribution in [2.75, 3.05) is 6.61 Å². The molecule has 1 aromatic heterocycles. The van der Waals surface area contributed by atoms with Gasteiger partial charge < -0.3 is 9.30 Å².